The Morgan fingerprint density at radius 1 is 0.931 bits per heavy atom. The van der Waals surface area contributed by atoms with Crippen molar-refractivity contribution in [2.24, 2.45) is 4.99 Å². The summed E-state index contributed by atoms with van der Waals surface area (Å²) < 4.78 is 11.9. The van der Waals surface area contributed by atoms with Crippen LogP contribution < -0.4 is 14.2 Å². The minimum atomic E-state index is -2.20. The number of guanidine groups is 1. The fourth-order valence-corrected chi connectivity index (χ4v) is 5.68. The topological polar surface area (TPSA) is 89.0 Å². The van der Waals surface area contributed by atoms with Crippen LogP contribution in [-0.2, 0) is 16.0 Å². The number of rotatable bonds is 3. The van der Waals surface area contributed by atoms with Crippen LogP contribution in [0.15, 0.2) is 29.3 Å². The molecule has 8 heteroatoms. The average Bonchev–Trinajstić information content (AvgIpc) is 2.48. The van der Waals surface area contributed by atoms with Crippen LogP contribution in [0.4, 0.5) is 9.59 Å². The summed E-state index contributed by atoms with van der Waals surface area (Å²) in [6, 6.07) is 8.30. The van der Waals surface area contributed by atoms with Crippen molar-refractivity contribution in [3.05, 3.63) is 29.8 Å². The molecule has 2 N–H and O–H groups in total. The monoisotopic (exact) mass is 513 g/mol. The molecule has 1 rings (SSSR count). The molecule has 0 saturated heterocycles. The second kappa shape index (κ2) is 9.82. The summed E-state index contributed by atoms with van der Waals surface area (Å²) in [4.78, 5) is 35.7. The number of alkyl carbamates (subject to hydrolysis) is 2. The Bertz CT molecular complexity index is 724. The number of nitrogens with one attached hydrogen (secondary N) is 2. The molecule has 0 spiro atoms. The molecular weight excluding hydrogens is 477 g/mol. The third-order valence-corrected chi connectivity index (χ3v) is 9.28. The van der Waals surface area contributed by atoms with E-state index in [0.717, 1.165) is 5.56 Å². The zero-order chi connectivity index (χ0) is 22.5. The van der Waals surface area contributed by atoms with Gasteiger partial charge in [0.25, 0.3) is 0 Å². The number of nitrogens with zero attached hydrogens (tertiary/aromatic N) is 1. The van der Waals surface area contributed by atoms with E-state index in [4.69, 9.17) is 9.47 Å². The van der Waals surface area contributed by atoms with E-state index in [9.17, 15) is 9.59 Å². The summed E-state index contributed by atoms with van der Waals surface area (Å²) in [6.07, 6.45) is -1.40. The van der Waals surface area contributed by atoms with E-state index in [1.165, 1.54) is 3.58 Å². The molecule has 1 aromatic rings. The number of benzene rings is 1. The first-order valence-corrected chi connectivity index (χ1v) is 19.7. The Morgan fingerprint density at radius 3 is 1.83 bits per heavy atom. The van der Waals surface area contributed by atoms with Crippen molar-refractivity contribution >= 4 is 40.1 Å². The first-order chi connectivity index (χ1) is 13.0. The van der Waals surface area contributed by atoms with Crippen molar-refractivity contribution in [3.63, 3.8) is 0 Å². The molecule has 0 heterocycles. The van der Waals surface area contributed by atoms with Crippen LogP contribution in [0.25, 0.3) is 0 Å². The van der Waals surface area contributed by atoms with Gasteiger partial charge in [-0.3, -0.25) is 0 Å². The maximum atomic E-state index is 12.1. The molecule has 7 nitrogen and oxygen atoms in total. The third kappa shape index (κ3) is 11.1. The molecule has 0 saturated carbocycles. The summed E-state index contributed by atoms with van der Waals surface area (Å²) in [5.74, 6) is -0.0156. The fraction of sp³-hybridized carbons (Fsp3) is 0.571. The summed E-state index contributed by atoms with van der Waals surface area (Å²) in [5.41, 5.74) is -0.340. The van der Waals surface area contributed by atoms with E-state index in [0.29, 0.717) is 6.54 Å². The van der Waals surface area contributed by atoms with Crippen LogP contribution >= 0.6 is 0 Å². The van der Waals surface area contributed by atoms with Gasteiger partial charge < -0.3 is 0 Å². The molecule has 0 aliphatic heterocycles. The van der Waals surface area contributed by atoms with E-state index >= 15 is 0 Å². The molecular formula is C21H35N3O4Sn. The quantitative estimate of drug-likeness (QED) is 0.362. The number of carbonyl (C=O) groups excluding carboxylic acids is 2. The maximum absolute atomic E-state index is 12.1. The summed E-state index contributed by atoms with van der Waals surface area (Å²) in [5, 5.41) is 4.99. The normalized spacial score (nSPS) is 12.0. The summed E-state index contributed by atoms with van der Waals surface area (Å²) in [6.45, 7) is 10.9. The molecule has 0 bridgehead atoms. The molecule has 1 aromatic carbocycles. The van der Waals surface area contributed by atoms with Gasteiger partial charge >= 0.3 is 179 Å². The Labute approximate surface area is 178 Å². The predicted octanol–water partition coefficient (Wildman–Crippen LogP) is 4.14. The van der Waals surface area contributed by atoms with Gasteiger partial charge in [0, 0.05) is 0 Å². The number of ether oxygens (including phenoxy) is 2. The fourth-order valence-electron chi connectivity index (χ4n) is 2.22. The van der Waals surface area contributed by atoms with Gasteiger partial charge in [-0.25, -0.2) is 0 Å². The van der Waals surface area contributed by atoms with E-state index < -0.39 is 41.8 Å². The van der Waals surface area contributed by atoms with Crippen LogP contribution in [0.3, 0.4) is 0 Å². The number of hydrogen-bond donors (Lipinski definition) is 2. The van der Waals surface area contributed by atoms with Crippen molar-refractivity contribution in [2.75, 3.05) is 0 Å². The second-order valence-electron chi connectivity index (χ2n) is 9.87. The SMILES string of the molecule is CC(C)(C)OC(=O)NC(=NCc1ccc[c]([Sn]([CH3])([CH3])[CH3])c1)NC(=O)OC(C)(C)C. The number of hydrogen-bond acceptors (Lipinski definition) is 5. The predicted molar refractivity (Wildman–Crippen MR) is 119 cm³/mol. The third-order valence-electron chi connectivity index (χ3n) is 3.45. The standard InChI is InChI=1S/C18H26N3O4.3CH3.Sn/c1-17(2,3)24-15(22)20-14(21-16(23)25-18(4,5)6)19-12-13-10-8-7-9-11-13;;;;/h7-8,10-11H,12H2,1-6H3,(H2,19,20,21,22,23);3*1H3;. The minimum absolute atomic E-state index is 0.0156. The summed E-state index contributed by atoms with van der Waals surface area (Å²) in [7, 11) is 0. The molecule has 162 valence electrons. The Hall–Kier alpha value is -1.77. The molecule has 29 heavy (non-hydrogen) atoms. The van der Waals surface area contributed by atoms with Gasteiger partial charge in [-0.15, -0.1) is 0 Å². The summed E-state index contributed by atoms with van der Waals surface area (Å²) >= 11 is -2.20. The molecule has 2 amide bonds. The van der Waals surface area contributed by atoms with E-state index in [1.54, 1.807) is 41.5 Å². The Kier molecular flexibility index (Phi) is 8.56. The number of amides is 2. The van der Waals surface area contributed by atoms with Gasteiger partial charge in [0.05, 0.1) is 0 Å². The molecule has 0 radical (unpaired) electrons. The molecule has 0 aliphatic carbocycles. The molecule has 0 aromatic heterocycles. The van der Waals surface area contributed by atoms with E-state index in [1.807, 2.05) is 12.1 Å². The molecule has 0 aliphatic rings. The van der Waals surface area contributed by atoms with Gasteiger partial charge in [0.2, 0.25) is 0 Å². The molecule has 0 unspecified atom stereocenters. The molecule has 0 fully saturated rings. The Balaban J connectivity index is 3.00. The van der Waals surface area contributed by atoms with E-state index in [2.05, 4.69) is 42.6 Å². The number of aliphatic imine (C=N–C) groups is 1. The van der Waals surface area contributed by atoms with Crippen molar-refractivity contribution in [1.29, 1.82) is 0 Å². The zero-order valence-corrected chi connectivity index (χ0v) is 22.0. The van der Waals surface area contributed by atoms with Crippen LogP contribution in [0.5, 0.6) is 0 Å². The van der Waals surface area contributed by atoms with Gasteiger partial charge in [0.1, 0.15) is 0 Å². The first-order valence-electron chi connectivity index (χ1n) is 9.69. The van der Waals surface area contributed by atoms with Crippen molar-refractivity contribution in [2.45, 2.75) is 74.1 Å². The van der Waals surface area contributed by atoms with E-state index in [-0.39, 0.29) is 5.96 Å². The van der Waals surface area contributed by atoms with Crippen molar-refractivity contribution in [3.8, 4) is 0 Å². The first kappa shape index (κ1) is 25.3. The molecule has 0 atom stereocenters. The second-order valence-corrected chi connectivity index (χ2v) is 24.4. The van der Waals surface area contributed by atoms with Crippen molar-refractivity contribution in [1.82, 2.24) is 10.6 Å². The van der Waals surface area contributed by atoms with Crippen molar-refractivity contribution < 1.29 is 19.1 Å². The average molecular weight is 512 g/mol. The van der Waals surface area contributed by atoms with Gasteiger partial charge in [-0.1, -0.05) is 0 Å². The van der Waals surface area contributed by atoms with Crippen LogP contribution in [0.1, 0.15) is 47.1 Å². The Morgan fingerprint density at radius 2 is 1.41 bits per heavy atom. The van der Waals surface area contributed by atoms with Crippen LogP contribution in [0, 0.1) is 0 Å². The van der Waals surface area contributed by atoms with Gasteiger partial charge in [0.15, 0.2) is 0 Å². The van der Waals surface area contributed by atoms with Gasteiger partial charge in [-0.05, 0) is 0 Å². The van der Waals surface area contributed by atoms with Crippen LogP contribution in [-0.4, -0.2) is 47.7 Å². The van der Waals surface area contributed by atoms with Crippen LogP contribution in [0.2, 0.25) is 14.8 Å². The zero-order valence-electron chi connectivity index (χ0n) is 19.1. The number of carbonyl (C=O) groups is 2. The van der Waals surface area contributed by atoms with Gasteiger partial charge in [-0.2, -0.15) is 0 Å².